The van der Waals surface area contributed by atoms with Crippen molar-refractivity contribution in [2.24, 2.45) is 11.8 Å². The molecule has 1 saturated heterocycles. The minimum atomic E-state index is -4.58. The van der Waals surface area contributed by atoms with Crippen LogP contribution < -0.4 is 0 Å². The lowest BCUT2D eigenvalue weighted by molar-refractivity contribution is -0.144. The molecule has 2 amide bonds. The van der Waals surface area contributed by atoms with E-state index in [0.717, 1.165) is 15.6 Å². The Hall–Kier alpha value is -3.71. The number of piperidine rings is 1. The van der Waals surface area contributed by atoms with Gasteiger partial charge in [-0.2, -0.15) is 13.2 Å². The quantitative estimate of drug-likeness (QED) is 0.501. The molecule has 0 aliphatic carbocycles. The molecule has 2 N–H and O–H groups in total. The summed E-state index contributed by atoms with van der Waals surface area (Å²) in [5, 5.41) is 26.6. The van der Waals surface area contributed by atoms with Crippen molar-refractivity contribution < 1.29 is 42.2 Å². The van der Waals surface area contributed by atoms with E-state index in [-0.39, 0.29) is 43.4 Å². The van der Waals surface area contributed by atoms with E-state index in [1.807, 2.05) is 0 Å². The molecule has 0 spiro atoms. The van der Waals surface area contributed by atoms with Crippen molar-refractivity contribution in [2.45, 2.75) is 45.3 Å². The molecule has 1 aliphatic heterocycles. The molecule has 1 aromatic heterocycles. The lowest BCUT2D eigenvalue weighted by atomic mass is 9.92. The minimum absolute atomic E-state index is 0.0502. The highest BCUT2D eigenvalue weighted by molar-refractivity contribution is 5.94. The average molecular weight is 529 g/mol. The third-order valence-corrected chi connectivity index (χ3v) is 6.00. The fraction of sp³-hybridized carbons (Fsp3) is 0.522. The van der Waals surface area contributed by atoms with Gasteiger partial charge in [-0.3, -0.25) is 9.59 Å². The Labute approximate surface area is 209 Å². The number of benzene rings is 1. The summed E-state index contributed by atoms with van der Waals surface area (Å²) in [5.41, 5.74) is -0.892. The highest BCUT2D eigenvalue weighted by Gasteiger charge is 2.40. The van der Waals surface area contributed by atoms with E-state index in [1.165, 1.54) is 23.1 Å². The van der Waals surface area contributed by atoms with E-state index >= 15 is 0 Å². The van der Waals surface area contributed by atoms with Crippen molar-refractivity contribution in [1.82, 2.24) is 24.8 Å². The second-order valence-electron chi connectivity index (χ2n) is 9.33. The summed E-state index contributed by atoms with van der Waals surface area (Å²) in [4.78, 5) is 39.2. The van der Waals surface area contributed by atoms with Gasteiger partial charge in [-0.1, -0.05) is 31.2 Å². The molecule has 1 aliphatic rings. The van der Waals surface area contributed by atoms with Crippen molar-refractivity contribution in [3.8, 4) is 5.69 Å². The molecule has 1 fully saturated rings. The van der Waals surface area contributed by atoms with Gasteiger partial charge >= 0.3 is 18.2 Å². The summed E-state index contributed by atoms with van der Waals surface area (Å²) < 4.78 is 54.7. The third kappa shape index (κ3) is 6.74. The Morgan fingerprint density at radius 3 is 2.41 bits per heavy atom. The third-order valence-electron chi connectivity index (χ3n) is 6.00. The number of halogens is 4. The SMILES string of the molecule is CC(C)CN(C(=O)c1nnn(-c2ccccc2F)c1CCC(F)(F)F)[C@H]1C[C@@H](C(=O)O)CN(C(=O)O)C1. The maximum absolute atomic E-state index is 14.5. The molecule has 0 radical (unpaired) electrons. The van der Waals surface area contributed by atoms with Gasteiger partial charge in [-0.15, -0.1) is 5.10 Å². The number of hydrogen-bond acceptors (Lipinski definition) is 5. The summed E-state index contributed by atoms with van der Waals surface area (Å²) in [6.45, 7) is 3.15. The van der Waals surface area contributed by atoms with Crippen LogP contribution in [0.5, 0.6) is 0 Å². The Bertz CT molecular complexity index is 1130. The first-order chi connectivity index (χ1) is 17.3. The number of carboxylic acid groups (broad SMARTS) is 2. The zero-order valence-corrected chi connectivity index (χ0v) is 20.2. The number of amides is 2. The number of para-hydroxylation sites is 1. The number of alkyl halides is 3. The predicted molar refractivity (Wildman–Crippen MR) is 121 cm³/mol. The van der Waals surface area contributed by atoms with E-state index in [4.69, 9.17) is 0 Å². The molecule has 2 heterocycles. The fourth-order valence-corrected chi connectivity index (χ4v) is 4.33. The van der Waals surface area contributed by atoms with Crippen LogP contribution in [0, 0.1) is 17.7 Å². The van der Waals surface area contributed by atoms with Gasteiger partial charge in [0.05, 0.1) is 17.7 Å². The summed E-state index contributed by atoms with van der Waals surface area (Å²) in [6, 6.07) is 4.33. The number of nitrogens with zero attached hydrogens (tertiary/aromatic N) is 5. The van der Waals surface area contributed by atoms with Crippen LogP contribution in [-0.4, -0.2) is 84.8 Å². The summed E-state index contributed by atoms with van der Waals surface area (Å²) in [7, 11) is 0. The van der Waals surface area contributed by atoms with Gasteiger partial charge in [-0.05, 0) is 24.5 Å². The first kappa shape index (κ1) is 27.9. The normalized spacial score (nSPS) is 18.2. The topological polar surface area (TPSA) is 129 Å². The van der Waals surface area contributed by atoms with Crippen LogP contribution in [-0.2, 0) is 11.2 Å². The fourth-order valence-electron chi connectivity index (χ4n) is 4.33. The highest BCUT2D eigenvalue weighted by Crippen LogP contribution is 2.28. The molecule has 14 heteroatoms. The van der Waals surface area contributed by atoms with E-state index in [0.29, 0.717) is 0 Å². The van der Waals surface area contributed by atoms with E-state index < -0.39 is 60.5 Å². The van der Waals surface area contributed by atoms with Crippen molar-refractivity contribution in [3.63, 3.8) is 0 Å². The number of rotatable bonds is 8. The average Bonchev–Trinajstić information content (AvgIpc) is 3.23. The molecule has 2 aromatic rings. The molecule has 0 bridgehead atoms. The molecule has 2 atom stereocenters. The molecule has 37 heavy (non-hydrogen) atoms. The van der Waals surface area contributed by atoms with Gasteiger partial charge < -0.3 is 20.0 Å². The number of aliphatic carboxylic acids is 1. The highest BCUT2D eigenvalue weighted by atomic mass is 19.4. The number of hydrogen-bond donors (Lipinski definition) is 2. The van der Waals surface area contributed by atoms with Crippen molar-refractivity contribution >= 4 is 18.0 Å². The summed E-state index contributed by atoms with van der Waals surface area (Å²) in [6.07, 6.45) is -8.04. The number of carboxylic acids is 1. The zero-order valence-electron chi connectivity index (χ0n) is 20.2. The number of carbonyl (C=O) groups is 3. The first-order valence-corrected chi connectivity index (χ1v) is 11.6. The van der Waals surface area contributed by atoms with Crippen molar-refractivity contribution in [3.05, 3.63) is 41.5 Å². The second-order valence-corrected chi connectivity index (χ2v) is 9.33. The van der Waals surface area contributed by atoms with Crippen molar-refractivity contribution in [2.75, 3.05) is 19.6 Å². The van der Waals surface area contributed by atoms with Crippen LogP contribution in [0.4, 0.5) is 22.4 Å². The van der Waals surface area contributed by atoms with Crippen LogP contribution in [0.1, 0.15) is 42.9 Å². The van der Waals surface area contributed by atoms with Gasteiger partial charge in [0.25, 0.3) is 5.91 Å². The van der Waals surface area contributed by atoms with E-state index in [2.05, 4.69) is 10.3 Å². The molecular weight excluding hydrogens is 502 g/mol. The molecule has 10 nitrogen and oxygen atoms in total. The lowest BCUT2D eigenvalue weighted by Gasteiger charge is -2.41. The largest absolute Gasteiger partial charge is 0.481 e. The smallest absolute Gasteiger partial charge is 0.407 e. The van der Waals surface area contributed by atoms with Crippen LogP contribution in [0.3, 0.4) is 0 Å². The Kier molecular flexibility index (Phi) is 8.39. The predicted octanol–water partition coefficient (Wildman–Crippen LogP) is 3.45. The summed E-state index contributed by atoms with van der Waals surface area (Å²) >= 11 is 0. The Morgan fingerprint density at radius 2 is 1.84 bits per heavy atom. The Morgan fingerprint density at radius 1 is 1.16 bits per heavy atom. The molecule has 0 saturated carbocycles. The number of aromatic nitrogens is 3. The standard InChI is InChI=1S/C23H27F4N5O5/c1-13(2)10-31(15-9-14(21(34)35)11-30(12-15)22(36)37)20(33)19-18(7-8-23(25,26)27)32(29-28-19)17-6-4-3-5-16(17)24/h3-6,13-15H,7-12H2,1-2H3,(H,34,35)(H,36,37)/t14-,15+/m1/s1. The van der Waals surface area contributed by atoms with E-state index in [1.54, 1.807) is 13.8 Å². The molecule has 3 rings (SSSR count). The van der Waals surface area contributed by atoms with Crippen LogP contribution in [0.15, 0.2) is 24.3 Å². The van der Waals surface area contributed by atoms with Gasteiger partial charge in [-0.25, -0.2) is 13.9 Å². The molecule has 0 unspecified atom stereocenters. The maximum atomic E-state index is 14.5. The monoisotopic (exact) mass is 529 g/mol. The van der Waals surface area contributed by atoms with Gasteiger partial charge in [0.15, 0.2) is 5.69 Å². The van der Waals surface area contributed by atoms with Gasteiger partial charge in [0.1, 0.15) is 11.5 Å². The molecule has 202 valence electrons. The van der Waals surface area contributed by atoms with Crippen LogP contribution in [0.2, 0.25) is 0 Å². The van der Waals surface area contributed by atoms with Crippen molar-refractivity contribution in [1.29, 1.82) is 0 Å². The van der Waals surface area contributed by atoms with Crippen LogP contribution >= 0.6 is 0 Å². The maximum Gasteiger partial charge on any atom is 0.407 e. The van der Waals surface area contributed by atoms with E-state index in [9.17, 15) is 42.2 Å². The van der Waals surface area contributed by atoms with Gasteiger partial charge in [0, 0.05) is 32.5 Å². The Balaban J connectivity index is 2.06. The number of likely N-dealkylation sites (tertiary alicyclic amines) is 1. The minimum Gasteiger partial charge on any atom is -0.481 e. The summed E-state index contributed by atoms with van der Waals surface area (Å²) in [5.74, 6) is -4.10. The molecular formula is C23H27F4N5O5. The molecule has 1 aromatic carbocycles. The zero-order chi connectivity index (χ0) is 27.5. The van der Waals surface area contributed by atoms with Gasteiger partial charge in [0.2, 0.25) is 0 Å². The van der Waals surface area contributed by atoms with Crippen LogP contribution in [0.25, 0.3) is 5.69 Å². The second kappa shape index (κ2) is 11.1. The number of carbonyl (C=O) groups excluding carboxylic acids is 1. The first-order valence-electron chi connectivity index (χ1n) is 11.6. The lowest BCUT2D eigenvalue weighted by Crippen LogP contribution is -2.56.